The standard InChI is InChI=1S/C31H44O6/c1-5-9-17-34-28-15-13-24(21-30(28)36-19-11-7-3)26(32)23-27(33)25-14-16-29(35-18-10-6-2)31(22-25)37-20-12-8-4/h13-16,21-23,32H,5-12,17-20H2,1-4H3. The van der Waals surface area contributed by atoms with Crippen molar-refractivity contribution in [2.75, 3.05) is 26.4 Å². The van der Waals surface area contributed by atoms with Crippen LogP contribution in [0.4, 0.5) is 0 Å². The van der Waals surface area contributed by atoms with Crippen LogP contribution in [0, 0.1) is 0 Å². The third-order valence-electron chi connectivity index (χ3n) is 5.76. The number of unbranched alkanes of at least 4 members (excludes halogenated alkanes) is 4. The molecule has 0 saturated carbocycles. The Kier molecular flexibility index (Phi) is 14.1. The molecular weight excluding hydrogens is 468 g/mol. The van der Waals surface area contributed by atoms with Crippen molar-refractivity contribution in [2.45, 2.75) is 79.1 Å². The third-order valence-corrected chi connectivity index (χ3v) is 5.76. The predicted octanol–water partition coefficient (Wildman–Crippen LogP) is 8.18. The number of benzene rings is 2. The van der Waals surface area contributed by atoms with Crippen LogP contribution in [-0.4, -0.2) is 37.3 Å². The van der Waals surface area contributed by atoms with Crippen molar-refractivity contribution in [3.8, 4) is 23.0 Å². The topological polar surface area (TPSA) is 74.2 Å². The van der Waals surface area contributed by atoms with E-state index in [4.69, 9.17) is 18.9 Å². The summed E-state index contributed by atoms with van der Waals surface area (Å²) in [6.45, 7) is 10.7. The zero-order valence-corrected chi connectivity index (χ0v) is 23.0. The van der Waals surface area contributed by atoms with Gasteiger partial charge in [0.15, 0.2) is 28.8 Å². The smallest absolute Gasteiger partial charge is 0.189 e. The maximum Gasteiger partial charge on any atom is 0.189 e. The largest absolute Gasteiger partial charge is 0.507 e. The van der Waals surface area contributed by atoms with Crippen LogP contribution in [0.1, 0.15) is 95.0 Å². The van der Waals surface area contributed by atoms with Gasteiger partial charge in [-0.3, -0.25) is 4.79 Å². The summed E-state index contributed by atoms with van der Waals surface area (Å²) in [4.78, 5) is 13.0. The molecule has 0 amide bonds. The van der Waals surface area contributed by atoms with Crippen molar-refractivity contribution in [3.05, 3.63) is 53.6 Å². The third kappa shape index (κ3) is 10.4. The molecule has 1 N–H and O–H groups in total. The number of aliphatic hydroxyl groups excluding tert-OH is 1. The molecule has 6 heteroatoms. The van der Waals surface area contributed by atoms with Crippen molar-refractivity contribution in [3.63, 3.8) is 0 Å². The van der Waals surface area contributed by atoms with Crippen LogP contribution >= 0.6 is 0 Å². The van der Waals surface area contributed by atoms with Gasteiger partial charge in [-0.15, -0.1) is 0 Å². The second-order valence-corrected chi connectivity index (χ2v) is 9.02. The van der Waals surface area contributed by atoms with Gasteiger partial charge in [0, 0.05) is 17.2 Å². The van der Waals surface area contributed by atoms with Crippen LogP contribution in [0.3, 0.4) is 0 Å². The van der Waals surface area contributed by atoms with Crippen molar-refractivity contribution < 1.29 is 28.8 Å². The molecule has 6 nitrogen and oxygen atoms in total. The van der Waals surface area contributed by atoms with Gasteiger partial charge in [0.2, 0.25) is 0 Å². The molecule has 2 rings (SSSR count). The SMILES string of the molecule is CCCCOc1ccc(C(=O)C=C(O)c2ccc(OCCCC)c(OCCCC)c2)cc1OCCCC. The van der Waals surface area contributed by atoms with Gasteiger partial charge in [-0.05, 0) is 62.1 Å². The molecule has 2 aromatic rings. The van der Waals surface area contributed by atoms with E-state index in [0.29, 0.717) is 60.6 Å². The lowest BCUT2D eigenvalue weighted by Gasteiger charge is -2.14. The fraction of sp³-hybridized carbons (Fsp3) is 0.516. The van der Waals surface area contributed by atoms with E-state index in [1.54, 1.807) is 36.4 Å². The molecule has 0 saturated heterocycles. The van der Waals surface area contributed by atoms with Crippen LogP contribution in [0.15, 0.2) is 42.5 Å². The Labute approximate surface area is 222 Å². The Morgan fingerprint density at radius 2 is 1.00 bits per heavy atom. The highest BCUT2D eigenvalue weighted by atomic mass is 16.5. The van der Waals surface area contributed by atoms with Crippen LogP contribution in [0.25, 0.3) is 5.76 Å². The van der Waals surface area contributed by atoms with Crippen molar-refractivity contribution >= 4 is 11.5 Å². The number of hydrogen-bond acceptors (Lipinski definition) is 6. The summed E-state index contributed by atoms with van der Waals surface area (Å²) < 4.78 is 23.6. The van der Waals surface area contributed by atoms with E-state index in [-0.39, 0.29) is 11.5 Å². The number of rotatable bonds is 19. The molecule has 0 bridgehead atoms. The molecule has 2 aromatic carbocycles. The summed E-state index contributed by atoms with van der Waals surface area (Å²) >= 11 is 0. The second kappa shape index (κ2) is 17.3. The maximum atomic E-state index is 13.0. The van der Waals surface area contributed by atoms with Gasteiger partial charge >= 0.3 is 0 Å². The summed E-state index contributed by atoms with van der Waals surface area (Å²) in [6.07, 6.45) is 9.03. The highest BCUT2D eigenvalue weighted by Gasteiger charge is 2.14. The number of aliphatic hydroxyl groups is 1. The van der Waals surface area contributed by atoms with Gasteiger partial charge in [-0.2, -0.15) is 0 Å². The van der Waals surface area contributed by atoms with E-state index >= 15 is 0 Å². The summed E-state index contributed by atoms with van der Waals surface area (Å²) in [5.41, 5.74) is 0.904. The Balaban J connectivity index is 2.24. The van der Waals surface area contributed by atoms with Gasteiger partial charge in [-0.1, -0.05) is 53.4 Å². The lowest BCUT2D eigenvalue weighted by atomic mass is 10.1. The minimum Gasteiger partial charge on any atom is -0.507 e. The summed E-state index contributed by atoms with van der Waals surface area (Å²) in [5.74, 6) is 1.91. The quantitative estimate of drug-likeness (QED) is 0.0885. The van der Waals surface area contributed by atoms with E-state index in [2.05, 4.69) is 27.7 Å². The number of allylic oxidation sites excluding steroid dienone is 1. The minimum atomic E-state index is -0.324. The molecule has 0 unspecified atom stereocenters. The first-order valence-corrected chi connectivity index (χ1v) is 13.8. The molecule has 204 valence electrons. The summed E-state index contributed by atoms with van der Waals surface area (Å²) in [6, 6.07) is 10.4. The molecule has 0 heterocycles. The zero-order valence-electron chi connectivity index (χ0n) is 23.0. The molecule has 0 aliphatic heterocycles. The summed E-state index contributed by atoms with van der Waals surface area (Å²) in [7, 11) is 0. The van der Waals surface area contributed by atoms with E-state index in [9.17, 15) is 9.90 Å². The first kappa shape index (κ1) is 30.1. The fourth-order valence-corrected chi connectivity index (χ4v) is 3.39. The van der Waals surface area contributed by atoms with Crippen LogP contribution in [0.5, 0.6) is 23.0 Å². The predicted molar refractivity (Wildman–Crippen MR) is 149 cm³/mol. The lowest BCUT2D eigenvalue weighted by molar-refractivity contribution is 0.104. The minimum absolute atomic E-state index is 0.137. The molecule has 0 aliphatic carbocycles. The van der Waals surface area contributed by atoms with Gasteiger partial charge in [0.05, 0.1) is 26.4 Å². The van der Waals surface area contributed by atoms with Crippen LogP contribution in [-0.2, 0) is 0 Å². The van der Waals surface area contributed by atoms with E-state index in [1.807, 2.05) is 0 Å². The number of hydrogen-bond donors (Lipinski definition) is 1. The number of ether oxygens (including phenoxy) is 4. The Hall–Kier alpha value is -3.15. The normalized spacial score (nSPS) is 11.3. The highest BCUT2D eigenvalue weighted by Crippen LogP contribution is 2.32. The number of carbonyl (C=O) groups is 1. The maximum absolute atomic E-state index is 13.0. The molecule has 0 aliphatic rings. The average molecular weight is 513 g/mol. The summed E-state index contributed by atoms with van der Waals surface area (Å²) in [5, 5.41) is 10.8. The number of carbonyl (C=O) groups excluding carboxylic acids is 1. The monoisotopic (exact) mass is 512 g/mol. The fourth-order valence-electron chi connectivity index (χ4n) is 3.39. The number of ketones is 1. The molecule has 37 heavy (non-hydrogen) atoms. The molecule has 0 aromatic heterocycles. The zero-order chi connectivity index (χ0) is 26.9. The van der Waals surface area contributed by atoms with Crippen molar-refractivity contribution in [1.29, 1.82) is 0 Å². The molecule has 0 atom stereocenters. The van der Waals surface area contributed by atoms with E-state index < -0.39 is 0 Å². The Bertz CT molecular complexity index is 982. The first-order chi connectivity index (χ1) is 18.0. The van der Waals surface area contributed by atoms with E-state index in [1.165, 1.54) is 6.08 Å². The average Bonchev–Trinajstić information content (AvgIpc) is 2.90. The van der Waals surface area contributed by atoms with Crippen molar-refractivity contribution in [1.82, 2.24) is 0 Å². The highest BCUT2D eigenvalue weighted by molar-refractivity contribution is 6.08. The van der Waals surface area contributed by atoms with Gasteiger partial charge in [0.1, 0.15) is 5.76 Å². The molecule has 0 radical (unpaired) electrons. The second-order valence-electron chi connectivity index (χ2n) is 9.02. The first-order valence-electron chi connectivity index (χ1n) is 13.8. The molecular formula is C31H44O6. The molecule has 0 spiro atoms. The van der Waals surface area contributed by atoms with Gasteiger partial charge in [-0.25, -0.2) is 0 Å². The van der Waals surface area contributed by atoms with Crippen LogP contribution in [0.2, 0.25) is 0 Å². The Morgan fingerprint density at radius 3 is 1.43 bits per heavy atom. The van der Waals surface area contributed by atoms with Gasteiger partial charge < -0.3 is 24.1 Å². The lowest BCUT2D eigenvalue weighted by Crippen LogP contribution is -2.05. The van der Waals surface area contributed by atoms with Gasteiger partial charge in [0.25, 0.3) is 0 Å². The van der Waals surface area contributed by atoms with Crippen LogP contribution < -0.4 is 18.9 Å². The van der Waals surface area contributed by atoms with E-state index in [0.717, 1.165) is 51.4 Å². The Morgan fingerprint density at radius 1 is 0.622 bits per heavy atom. The van der Waals surface area contributed by atoms with Crippen molar-refractivity contribution in [2.24, 2.45) is 0 Å². The molecule has 0 fully saturated rings.